The summed E-state index contributed by atoms with van der Waals surface area (Å²) < 4.78 is 10.4. The number of hydrogen-bond acceptors (Lipinski definition) is 5. The van der Waals surface area contributed by atoms with Crippen molar-refractivity contribution in [1.82, 2.24) is 20.5 Å². The van der Waals surface area contributed by atoms with Gasteiger partial charge in [0.1, 0.15) is 5.69 Å². The van der Waals surface area contributed by atoms with Crippen molar-refractivity contribution in [1.29, 1.82) is 0 Å². The van der Waals surface area contributed by atoms with Crippen molar-refractivity contribution in [3.05, 3.63) is 59.2 Å². The molecule has 0 atom stereocenters. The molecule has 7 heteroatoms. The average Bonchev–Trinajstić information content (AvgIpc) is 3.23. The molecule has 3 aromatic heterocycles. The van der Waals surface area contributed by atoms with Crippen LogP contribution in [0.15, 0.2) is 41.0 Å². The molecular formula is C17H18N4O3. The van der Waals surface area contributed by atoms with E-state index in [1.54, 1.807) is 19.4 Å². The van der Waals surface area contributed by atoms with Gasteiger partial charge in [-0.15, -0.1) is 0 Å². The summed E-state index contributed by atoms with van der Waals surface area (Å²) in [5, 5.41) is 9.77. The number of nitrogens with zero attached hydrogens (tertiary/aromatic N) is 2. The number of furan rings is 1. The smallest absolute Gasteiger partial charge is 0.272 e. The van der Waals surface area contributed by atoms with Crippen molar-refractivity contribution < 1.29 is 13.9 Å². The molecule has 0 fully saturated rings. The maximum absolute atomic E-state index is 12.4. The van der Waals surface area contributed by atoms with Crippen LogP contribution >= 0.6 is 0 Å². The number of hydrogen-bond donors (Lipinski definition) is 2. The van der Waals surface area contributed by atoms with Crippen molar-refractivity contribution in [2.45, 2.75) is 20.1 Å². The van der Waals surface area contributed by atoms with Gasteiger partial charge in [-0.05, 0) is 31.2 Å². The molecular weight excluding hydrogens is 308 g/mol. The Morgan fingerprint density at radius 2 is 2.12 bits per heavy atom. The number of aromatic nitrogens is 3. The van der Waals surface area contributed by atoms with Gasteiger partial charge in [0.2, 0.25) is 0 Å². The highest BCUT2D eigenvalue weighted by atomic mass is 16.5. The Morgan fingerprint density at radius 3 is 2.88 bits per heavy atom. The van der Waals surface area contributed by atoms with E-state index >= 15 is 0 Å². The van der Waals surface area contributed by atoms with Crippen molar-refractivity contribution >= 4 is 5.91 Å². The first kappa shape index (κ1) is 15.9. The van der Waals surface area contributed by atoms with Gasteiger partial charge in [0, 0.05) is 12.7 Å². The van der Waals surface area contributed by atoms with Crippen LogP contribution in [-0.4, -0.2) is 28.2 Å². The first-order valence-corrected chi connectivity index (χ1v) is 7.50. The third kappa shape index (κ3) is 3.36. The Kier molecular flexibility index (Phi) is 4.72. The molecule has 0 bridgehead atoms. The molecule has 2 N–H and O–H groups in total. The quantitative estimate of drug-likeness (QED) is 0.726. The fourth-order valence-electron chi connectivity index (χ4n) is 2.39. The van der Waals surface area contributed by atoms with Gasteiger partial charge in [-0.2, -0.15) is 5.10 Å². The van der Waals surface area contributed by atoms with Gasteiger partial charge in [0.25, 0.3) is 5.91 Å². The molecule has 7 nitrogen and oxygen atoms in total. The Balaban J connectivity index is 1.69. The minimum Gasteiger partial charge on any atom is -0.463 e. The lowest BCUT2D eigenvalue weighted by Gasteiger charge is -2.05. The first-order valence-electron chi connectivity index (χ1n) is 7.50. The number of amides is 1. The lowest BCUT2D eigenvalue weighted by atomic mass is 10.1. The first-order chi connectivity index (χ1) is 11.7. The third-order valence-corrected chi connectivity index (χ3v) is 3.58. The fourth-order valence-corrected chi connectivity index (χ4v) is 2.39. The molecule has 0 saturated heterocycles. The summed E-state index contributed by atoms with van der Waals surface area (Å²) in [6.45, 7) is 2.58. The number of pyridine rings is 1. The minimum atomic E-state index is -0.263. The van der Waals surface area contributed by atoms with Crippen molar-refractivity contribution in [3.63, 3.8) is 0 Å². The maximum Gasteiger partial charge on any atom is 0.272 e. The van der Waals surface area contributed by atoms with Crippen LogP contribution in [0, 0.1) is 6.92 Å². The van der Waals surface area contributed by atoms with E-state index in [9.17, 15) is 4.79 Å². The van der Waals surface area contributed by atoms with Crippen LogP contribution < -0.4 is 5.32 Å². The summed E-state index contributed by atoms with van der Waals surface area (Å²) in [4.78, 5) is 16.8. The SMILES string of the molecule is COCc1cccc(CNC(=O)c2n[nH]c(-c3ccco3)c2C)n1. The fraction of sp³-hybridized carbons (Fsp3) is 0.235. The molecule has 0 aromatic carbocycles. The molecule has 1 amide bonds. The normalized spacial score (nSPS) is 10.8. The zero-order valence-corrected chi connectivity index (χ0v) is 13.5. The van der Waals surface area contributed by atoms with Crippen LogP contribution in [0.4, 0.5) is 0 Å². The molecule has 0 spiro atoms. The van der Waals surface area contributed by atoms with Gasteiger partial charge >= 0.3 is 0 Å². The average molecular weight is 326 g/mol. The van der Waals surface area contributed by atoms with Gasteiger partial charge in [-0.25, -0.2) is 0 Å². The summed E-state index contributed by atoms with van der Waals surface area (Å²) in [6.07, 6.45) is 1.58. The monoisotopic (exact) mass is 326 g/mol. The lowest BCUT2D eigenvalue weighted by Crippen LogP contribution is -2.24. The second kappa shape index (κ2) is 7.10. The Labute approximate surface area is 139 Å². The summed E-state index contributed by atoms with van der Waals surface area (Å²) in [5.41, 5.74) is 3.36. The van der Waals surface area contributed by atoms with Gasteiger partial charge < -0.3 is 14.5 Å². The van der Waals surface area contributed by atoms with Crippen LogP contribution in [0.5, 0.6) is 0 Å². The Bertz CT molecular complexity index is 824. The van der Waals surface area contributed by atoms with Gasteiger partial charge in [-0.3, -0.25) is 14.9 Å². The molecule has 0 aliphatic rings. The molecule has 3 aromatic rings. The van der Waals surface area contributed by atoms with Crippen molar-refractivity contribution in [3.8, 4) is 11.5 Å². The Hall–Kier alpha value is -2.93. The molecule has 0 aliphatic carbocycles. The van der Waals surface area contributed by atoms with E-state index in [4.69, 9.17) is 9.15 Å². The standard InChI is InChI=1S/C17H18N4O3/c1-11-15(14-7-4-8-24-14)20-21-16(11)17(22)18-9-12-5-3-6-13(19-12)10-23-2/h3-8H,9-10H2,1-2H3,(H,18,22)(H,20,21). The molecule has 0 saturated carbocycles. The van der Waals surface area contributed by atoms with Crippen LogP contribution in [0.3, 0.4) is 0 Å². The van der Waals surface area contributed by atoms with E-state index in [0.29, 0.717) is 30.3 Å². The summed E-state index contributed by atoms with van der Waals surface area (Å²) in [7, 11) is 1.62. The van der Waals surface area contributed by atoms with E-state index in [1.807, 2.05) is 31.2 Å². The Morgan fingerprint density at radius 1 is 1.29 bits per heavy atom. The predicted octanol–water partition coefficient (Wildman–Crippen LogP) is 2.45. The number of carbonyl (C=O) groups excluding carboxylic acids is 1. The number of H-pyrrole nitrogens is 1. The lowest BCUT2D eigenvalue weighted by molar-refractivity contribution is 0.0944. The van der Waals surface area contributed by atoms with Crippen LogP contribution in [-0.2, 0) is 17.9 Å². The highest BCUT2D eigenvalue weighted by Crippen LogP contribution is 2.23. The van der Waals surface area contributed by atoms with Gasteiger partial charge in [0.05, 0.1) is 30.8 Å². The molecule has 0 radical (unpaired) electrons. The maximum atomic E-state index is 12.4. The summed E-state index contributed by atoms with van der Waals surface area (Å²) >= 11 is 0. The van der Waals surface area contributed by atoms with E-state index in [0.717, 1.165) is 17.0 Å². The number of aromatic amines is 1. The van der Waals surface area contributed by atoms with Crippen molar-refractivity contribution in [2.75, 3.05) is 7.11 Å². The van der Waals surface area contributed by atoms with E-state index < -0.39 is 0 Å². The number of methoxy groups -OCH3 is 1. The molecule has 24 heavy (non-hydrogen) atoms. The highest BCUT2D eigenvalue weighted by molar-refractivity contribution is 5.95. The topological polar surface area (TPSA) is 93.0 Å². The summed E-state index contributed by atoms with van der Waals surface area (Å²) in [5.74, 6) is 0.383. The number of ether oxygens (including phenoxy) is 1. The molecule has 0 unspecified atom stereocenters. The number of rotatable bonds is 6. The van der Waals surface area contributed by atoms with Gasteiger partial charge in [-0.1, -0.05) is 6.07 Å². The van der Waals surface area contributed by atoms with Crippen LogP contribution in [0.25, 0.3) is 11.5 Å². The summed E-state index contributed by atoms with van der Waals surface area (Å²) in [6, 6.07) is 9.21. The minimum absolute atomic E-state index is 0.263. The van der Waals surface area contributed by atoms with E-state index in [-0.39, 0.29) is 5.91 Å². The molecule has 0 aliphatic heterocycles. The number of carbonyl (C=O) groups is 1. The predicted molar refractivity (Wildman–Crippen MR) is 87.1 cm³/mol. The van der Waals surface area contributed by atoms with Crippen LogP contribution in [0.1, 0.15) is 27.4 Å². The zero-order valence-electron chi connectivity index (χ0n) is 13.5. The second-order valence-electron chi connectivity index (χ2n) is 5.29. The van der Waals surface area contributed by atoms with Crippen LogP contribution in [0.2, 0.25) is 0 Å². The van der Waals surface area contributed by atoms with Crippen molar-refractivity contribution in [2.24, 2.45) is 0 Å². The molecule has 3 rings (SSSR count). The zero-order chi connectivity index (χ0) is 16.9. The number of nitrogens with one attached hydrogen (secondary N) is 2. The molecule has 3 heterocycles. The van der Waals surface area contributed by atoms with Gasteiger partial charge in [0.15, 0.2) is 11.5 Å². The molecule has 124 valence electrons. The largest absolute Gasteiger partial charge is 0.463 e. The third-order valence-electron chi connectivity index (χ3n) is 3.58. The highest BCUT2D eigenvalue weighted by Gasteiger charge is 2.18. The van der Waals surface area contributed by atoms with E-state index in [2.05, 4.69) is 20.5 Å². The second-order valence-corrected chi connectivity index (χ2v) is 5.29. The van der Waals surface area contributed by atoms with E-state index in [1.165, 1.54) is 0 Å².